The predicted octanol–water partition coefficient (Wildman–Crippen LogP) is 1.38. The molecule has 2 N–H and O–H groups in total. The van der Waals surface area contributed by atoms with Gasteiger partial charge in [-0.2, -0.15) is 0 Å². The summed E-state index contributed by atoms with van der Waals surface area (Å²) in [6.45, 7) is 9.57. The van der Waals surface area contributed by atoms with Crippen molar-refractivity contribution in [2.75, 3.05) is 26.4 Å². The van der Waals surface area contributed by atoms with Gasteiger partial charge in [-0.1, -0.05) is 13.8 Å². The van der Waals surface area contributed by atoms with E-state index in [-0.39, 0.29) is 12.1 Å². The molecule has 2 fully saturated rings. The summed E-state index contributed by atoms with van der Waals surface area (Å²) in [5.41, 5.74) is -0.0743. The minimum Gasteiger partial charge on any atom is -0.394 e. The molecule has 0 aromatic heterocycles. The predicted molar refractivity (Wildman–Crippen MR) is 77.3 cm³/mol. The van der Waals surface area contributed by atoms with Crippen molar-refractivity contribution in [3.05, 3.63) is 0 Å². The highest BCUT2D eigenvalue weighted by Crippen LogP contribution is 2.33. The van der Waals surface area contributed by atoms with Crippen LogP contribution in [0.2, 0.25) is 0 Å². The molecule has 1 saturated carbocycles. The van der Waals surface area contributed by atoms with Gasteiger partial charge in [0.25, 0.3) is 0 Å². The molecular weight excluding hydrogens is 240 g/mol. The van der Waals surface area contributed by atoms with Crippen LogP contribution < -0.4 is 5.32 Å². The molecule has 3 unspecified atom stereocenters. The summed E-state index contributed by atoms with van der Waals surface area (Å²) in [4.78, 5) is 2.59. The van der Waals surface area contributed by atoms with Crippen molar-refractivity contribution in [2.45, 2.75) is 70.1 Å². The molecule has 19 heavy (non-hydrogen) atoms. The Morgan fingerprint density at radius 3 is 2.89 bits per heavy atom. The van der Waals surface area contributed by atoms with Gasteiger partial charge in [0.05, 0.1) is 19.8 Å². The molecule has 4 nitrogen and oxygen atoms in total. The lowest BCUT2D eigenvalue weighted by molar-refractivity contribution is -0.0437. The Kier molecular flexibility index (Phi) is 5.23. The number of hydrogen-bond acceptors (Lipinski definition) is 4. The summed E-state index contributed by atoms with van der Waals surface area (Å²) in [6, 6.07) is 1.52. The van der Waals surface area contributed by atoms with E-state index in [1.807, 2.05) is 0 Å². The van der Waals surface area contributed by atoms with Crippen molar-refractivity contribution < 1.29 is 9.84 Å². The number of nitrogens with one attached hydrogen (secondary N) is 1. The Bertz CT molecular complexity index is 285. The van der Waals surface area contributed by atoms with Crippen LogP contribution in [0.15, 0.2) is 0 Å². The van der Waals surface area contributed by atoms with Gasteiger partial charge in [-0.3, -0.25) is 4.90 Å². The highest BCUT2D eigenvalue weighted by Gasteiger charge is 2.39. The highest BCUT2D eigenvalue weighted by atomic mass is 16.5. The number of morpholine rings is 1. The first-order chi connectivity index (χ1) is 9.06. The van der Waals surface area contributed by atoms with E-state index in [1.165, 1.54) is 12.8 Å². The largest absolute Gasteiger partial charge is 0.394 e. The Labute approximate surface area is 117 Å². The van der Waals surface area contributed by atoms with E-state index in [0.717, 1.165) is 32.6 Å². The molecule has 0 radical (unpaired) electrons. The molecule has 0 aromatic rings. The molecule has 0 spiro atoms. The molecule has 0 amide bonds. The highest BCUT2D eigenvalue weighted by molar-refractivity contribution is 4.98. The molecule has 3 atom stereocenters. The summed E-state index contributed by atoms with van der Waals surface area (Å²) in [5, 5.41) is 13.5. The number of hydrogen-bond donors (Lipinski definition) is 2. The number of ether oxygens (including phenoxy) is 1. The Morgan fingerprint density at radius 2 is 2.26 bits per heavy atom. The van der Waals surface area contributed by atoms with Crippen LogP contribution in [0.25, 0.3) is 0 Å². The minimum atomic E-state index is -0.0743. The minimum absolute atomic E-state index is 0.0743. The normalized spacial score (nSPS) is 37.7. The lowest BCUT2D eigenvalue weighted by Gasteiger charge is -2.48. The van der Waals surface area contributed by atoms with E-state index >= 15 is 0 Å². The van der Waals surface area contributed by atoms with Crippen LogP contribution in [0.5, 0.6) is 0 Å². The van der Waals surface area contributed by atoms with Crippen LogP contribution in [0.1, 0.15) is 46.5 Å². The topological polar surface area (TPSA) is 44.7 Å². The molecule has 112 valence electrons. The summed E-state index contributed by atoms with van der Waals surface area (Å²) in [7, 11) is 0. The monoisotopic (exact) mass is 270 g/mol. The third-order valence-electron chi connectivity index (χ3n) is 4.60. The molecule has 4 heteroatoms. The van der Waals surface area contributed by atoms with Gasteiger partial charge in [-0.15, -0.1) is 0 Å². The molecule has 1 heterocycles. The number of aliphatic hydroxyl groups is 1. The van der Waals surface area contributed by atoms with Crippen LogP contribution in [-0.2, 0) is 4.74 Å². The van der Waals surface area contributed by atoms with Crippen molar-refractivity contribution in [1.82, 2.24) is 10.2 Å². The van der Waals surface area contributed by atoms with E-state index in [1.54, 1.807) is 0 Å². The van der Waals surface area contributed by atoms with Gasteiger partial charge >= 0.3 is 0 Å². The van der Waals surface area contributed by atoms with Gasteiger partial charge in [-0.25, -0.2) is 0 Å². The van der Waals surface area contributed by atoms with Crippen molar-refractivity contribution in [3.8, 4) is 0 Å². The summed E-state index contributed by atoms with van der Waals surface area (Å²) in [5.74, 6) is 0. The molecule has 1 aliphatic heterocycles. The second-order valence-corrected chi connectivity index (χ2v) is 6.65. The maximum Gasteiger partial charge on any atom is 0.0619 e. The molecule has 2 rings (SSSR count). The quantitative estimate of drug-likeness (QED) is 0.810. The Morgan fingerprint density at radius 1 is 1.47 bits per heavy atom. The molecule has 1 aliphatic carbocycles. The average Bonchev–Trinajstić information content (AvgIpc) is 2.39. The Balaban J connectivity index is 2.02. The van der Waals surface area contributed by atoms with Crippen LogP contribution in [0, 0.1) is 0 Å². The number of rotatable bonds is 4. The zero-order valence-electron chi connectivity index (χ0n) is 12.7. The fraction of sp³-hybridized carbons (Fsp3) is 1.00. The fourth-order valence-electron chi connectivity index (χ4n) is 3.83. The summed E-state index contributed by atoms with van der Waals surface area (Å²) >= 11 is 0. The lowest BCUT2D eigenvalue weighted by Crippen LogP contribution is -2.60. The van der Waals surface area contributed by atoms with Crippen LogP contribution >= 0.6 is 0 Å². The standard InChI is InChI=1S/C15H30N2O2/c1-12(2)16-15(11-18)6-4-5-14(9-15)17-7-8-19-10-13(17)3/h12-14,16,18H,4-11H2,1-3H3. The second kappa shape index (κ2) is 6.53. The second-order valence-electron chi connectivity index (χ2n) is 6.65. The lowest BCUT2D eigenvalue weighted by atomic mass is 9.78. The fourth-order valence-corrected chi connectivity index (χ4v) is 3.83. The summed E-state index contributed by atoms with van der Waals surface area (Å²) < 4.78 is 5.54. The molecule has 1 saturated heterocycles. The SMILES string of the molecule is CC(C)NC1(CO)CCCC(N2CCOCC2C)C1. The average molecular weight is 270 g/mol. The maximum atomic E-state index is 9.87. The maximum absolute atomic E-state index is 9.87. The van der Waals surface area contributed by atoms with Gasteiger partial charge in [0.1, 0.15) is 0 Å². The zero-order valence-corrected chi connectivity index (χ0v) is 12.7. The van der Waals surface area contributed by atoms with E-state index in [4.69, 9.17) is 4.74 Å². The van der Waals surface area contributed by atoms with Crippen molar-refractivity contribution >= 4 is 0 Å². The van der Waals surface area contributed by atoms with E-state index in [0.29, 0.717) is 18.1 Å². The van der Waals surface area contributed by atoms with Crippen LogP contribution in [0.4, 0.5) is 0 Å². The first-order valence-electron chi connectivity index (χ1n) is 7.78. The van der Waals surface area contributed by atoms with Gasteiger partial charge in [0.15, 0.2) is 0 Å². The first kappa shape index (κ1) is 15.2. The first-order valence-corrected chi connectivity index (χ1v) is 7.78. The van der Waals surface area contributed by atoms with E-state index in [9.17, 15) is 5.11 Å². The van der Waals surface area contributed by atoms with E-state index < -0.39 is 0 Å². The molecule has 2 aliphatic rings. The van der Waals surface area contributed by atoms with Crippen molar-refractivity contribution in [2.24, 2.45) is 0 Å². The summed E-state index contributed by atoms with van der Waals surface area (Å²) in [6.07, 6.45) is 4.61. The van der Waals surface area contributed by atoms with Gasteiger partial charge in [-0.05, 0) is 32.6 Å². The Hall–Kier alpha value is -0.160. The van der Waals surface area contributed by atoms with Gasteiger partial charge < -0.3 is 15.2 Å². The third-order valence-corrected chi connectivity index (χ3v) is 4.60. The van der Waals surface area contributed by atoms with Gasteiger partial charge in [0, 0.05) is 30.2 Å². The van der Waals surface area contributed by atoms with Crippen LogP contribution in [-0.4, -0.2) is 60.0 Å². The third kappa shape index (κ3) is 3.69. The molecule has 0 bridgehead atoms. The number of aliphatic hydroxyl groups excluding tert-OH is 1. The van der Waals surface area contributed by atoms with Crippen molar-refractivity contribution in [3.63, 3.8) is 0 Å². The zero-order chi connectivity index (χ0) is 13.9. The van der Waals surface area contributed by atoms with Crippen LogP contribution in [0.3, 0.4) is 0 Å². The van der Waals surface area contributed by atoms with Crippen molar-refractivity contribution in [1.29, 1.82) is 0 Å². The van der Waals surface area contributed by atoms with Gasteiger partial charge in [0.2, 0.25) is 0 Å². The number of nitrogens with zero attached hydrogens (tertiary/aromatic N) is 1. The smallest absolute Gasteiger partial charge is 0.0619 e. The molecular formula is C15H30N2O2. The molecule has 0 aromatic carbocycles. The van der Waals surface area contributed by atoms with E-state index in [2.05, 4.69) is 31.0 Å².